The Balaban J connectivity index is 1.53. The van der Waals surface area contributed by atoms with E-state index in [2.05, 4.69) is 20.6 Å². The molecule has 0 radical (unpaired) electrons. The van der Waals surface area contributed by atoms with Crippen molar-refractivity contribution in [3.05, 3.63) is 72.8 Å². The molecular weight excluding hydrogens is 450 g/mol. The molecule has 1 fully saturated rings. The van der Waals surface area contributed by atoms with Crippen LogP contribution >= 0.6 is 0 Å². The van der Waals surface area contributed by atoms with E-state index in [1.165, 1.54) is 3.97 Å². The zero-order chi connectivity index (χ0) is 23.7. The van der Waals surface area contributed by atoms with E-state index in [9.17, 15) is 13.2 Å². The first-order chi connectivity index (χ1) is 16.4. The molecule has 2 N–H and O–H groups in total. The molecule has 1 aliphatic rings. The summed E-state index contributed by atoms with van der Waals surface area (Å²) in [6.07, 6.45) is 7.99. The predicted octanol–water partition coefficient (Wildman–Crippen LogP) is 3.58. The van der Waals surface area contributed by atoms with Gasteiger partial charge in [0.2, 0.25) is 5.91 Å². The Bertz CT molecular complexity index is 1460. The number of rotatable bonds is 5. The average molecular weight is 476 g/mol. The van der Waals surface area contributed by atoms with E-state index in [-0.39, 0.29) is 16.7 Å². The number of pyridine rings is 2. The summed E-state index contributed by atoms with van der Waals surface area (Å²) in [5, 5.41) is 6.92. The Morgan fingerprint density at radius 3 is 2.62 bits per heavy atom. The molecular formula is C25H25N5O3S. The molecule has 1 amide bonds. The van der Waals surface area contributed by atoms with Gasteiger partial charge < -0.3 is 10.6 Å². The molecule has 0 saturated carbocycles. The Morgan fingerprint density at radius 1 is 1.09 bits per heavy atom. The van der Waals surface area contributed by atoms with Gasteiger partial charge in [0.05, 0.1) is 16.6 Å². The molecule has 0 aliphatic carbocycles. The number of piperidine rings is 1. The minimum atomic E-state index is -3.83. The monoisotopic (exact) mass is 475 g/mol. The second-order valence-electron chi connectivity index (χ2n) is 8.49. The van der Waals surface area contributed by atoms with Gasteiger partial charge in [-0.3, -0.25) is 9.78 Å². The van der Waals surface area contributed by atoms with Gasteiger partial charge in [0, 0.05) is 35.5 Å². The lowest BCUT2D eigenvalue weighted by molar-refractivity contribution is -0.120. The summed E-state index contributed by atoms with van der Waals surface area (Å²) in [6.45, 7) is 3.57. The van der Waals surface area contributed by atoms with Crippen LogP contribution in [-0.2, 0) is 14.8 Å². The van der Waals surface area contributed by atoms with E-state index < -0.39 is 10.0 Å². The van der Waals surface area contributed by atoms with Gasteiger partial charge >= 0.3 is 0 Å². The van der Waals surface area contributed by atoms with E-state index in [0.717, 1.165) is 42.4 Å². The molecule has 1 saturated heterocycles. The molecule has 5 rings (SSSR count). The Morgan fingerprint density at radius 2 is 1.85 bits per heavy atom. The zero-order valence-electron chi connectivity index (χ0n) is 18.7. The Kier molecular flexibility index (Phi) is 5.89. The van der Waals surface area contributed by atoms with E-state index in [0.29, 0.717) is 16.9 Å². The van der Waals surface area contributed by atoms with Crippen LogP contribution in [0.2, 0.25) is 0 Å². The molecule has 4 heterocycles. The first-order valence-corrected chi connectivity index (χ1v) is 12.6. The number of nitrogens with one attached hydrogen (secondary N) is 2. The third kappa shape index (κ3) is 4.20. The standard InChI is InChI=1S/C25H25N5O3S/c1-17-2-4-20(5-3-17)34(32,33)30-16-22(21-9-12-27-15-23(21)30)19-8-13-28-24(14-19)29-25(31)18-6-10-26-11-7-18/h2-5,8-9,12-16,18,26H,6-7,10-11H2,1H3,(H,28,29,31). The van der Waals surface area contributed by atoms with Crippen molar-refractivity contribution in [2.45, 2.75) is 24.7 Å². The van der Waals surface area contributed by atoms with Crippen molar-refractivity contribution < 1.29 is 13.2 Å². The number of carbonyl (C=O) groups is 1. The maximum absolute atomic E-state index is 13.5. The van der Waals surface area contributed by atoms with Gasteiger partial charge in [0.15, 0.2) is 0 Å². The van der Waals surface area contributed by atoms with Gasteiger partial charge in [0.25, 0.3) is 10.0 Å². The second kappa shape index (κ2) is 9.00. The summed E-state index contributed by atoms with van der Waals surface area (Å²) in [7, 11) is -3.83. The molecule has 0 bridgehead atoms. The average Bonchev–Trinajstić information content (AvgIpc) is 3.26. The molecule has 0 atom stereocenters. The van der Waals surface area contributed by atoms with Gasteiger partial charge in [0.1, 0.15) is 5.82 Å². The molecule has 0 spiro atoms. The molecule has 9 heteroatoms. The summed E-state index contributed by atoms with van der Waals surface area (Å²) >= 11 is 0. The molecule has 174 valence electrons. The molecule has 1 aliphatic heterocycles. The van der Waals surface area contributed by atoms with Crippen LogP contribution in [0.3, 0.4) is 0 Å². The van der Waals surface area contributed by atoms with Gasteiger partial charge in [-0.2, -0.15) is 0 Å². The highest BCUT2D eigenvalue weighted by Crippen LogP contribution is 2.33. The predicted molar refractivity (Wildman–Crippen MR) is 131 cm³/mol. The summed E-state index contributed by atoms with van der Waals surface area (Å²) in [6, 6.07) is 12.1. The lowest BCUT2D eigenvalue weighted by Gasteiger charge is -2.21. The number of amides is 1. The quantitative estimate of drug-likeness (QED) is 0.457. The lowest BCUT2D eigenvalue weighted by Crippen LogP contribution is -2.34. The highest BCUT2D eigenvalue weighted by atomic mass is 32.2. The van der Waals surface area contributed by atoms with Crippen molar-refractivity contribution in [2.24, 2.45) is 5.92 Å². The van der Waals surface area contributed by atoms with Crippen LogP contribution in [0, 0.1) is 12.8 Å². The van der Waals surface area contributed by atoms with Crippen LogP contribution in [-0.4, -0.2) is 41.4 Å². The first-order valence-electron chi connectivity index (χ1n) is 11.2. The molecule has 3 aromatic heterocycles. The van der Waals surface area contributed by atoms with E-state index in [1.807, 2.05) is 6.92 Å². The fraction of sp³-hybridized carbons (Fsp3) is 0.240. The first kappa shape index (κ1) is 22.2. The maximum Gasteiger partial charge on any atom is 0.268 e. The molecule has 34 heavy (non-hydrogen) atoms. The van der Waals surface area contributed by atoms with Gasteiger partial charge in [-0.15, -0.1) is 0 Å². The van der Waals surface area contributed by atoms with Crippen molar-refractivity contribution in [2.75, 3.05) is 18.4 Å². The van der Waals surface area contributed by atoms with Gasteiger partial charge in [-0.05, 0) is 68.8 Å². The largest absolute Gasteiger partial charge is 0.317 e. The van der Waals surface area contributed by atoms with Crippen molar-refractivity contribution in [1.29, 1.82) is 0 Å². The van der Waals surface area contributed by atoms with Crippen molar-refractivity contribution >= 4 is 32.7 Å². The SMILES string of the molecule is Cc1ccc(S(=O)(=O)n2cc(-c3ccnc(NC(=O)C4CCNCC4)c3)c3ccncc32)cc1. The maximum atomic E-state index is 13.5. The third-order valence-corrected chi connectivity index (χ3v) is 7.87. The summed E-state index contributed by atoms with van der Waals surface area (Å²) in [5.74, 6) is 0.358. The number of nitrogens with zero attached hydrogens (tertiary/aromatic N) is 3. The van der Waals surface area contributed by atoms with E-state index in [1.54, 1.807) is 67.3 Å². The number of aromatic nitrogens is 3. The third-order valence-electron chi connectivity index (χ3n) is 6.18. The van der Waals surface area contributed by atoms with Gasteiger partial charge in [-0.25, -0.2) is 17.4 Å². The zero-order valence-corrected chi connectivity index (χ0v) is 19.5. The Labute approximate surface area is 198 Å². The van der Waals surface area contributed by atoms with Crippen LogP contribution in [0.25, 0.3) is 22.0 Å². The molecule has 1 aromatic carbocycles. The van der Waals surface area contributed by atoms with Crippen LogP contribution in [0.5, 0.6) is 0 Å². The summed E-state index contributed by atoms with van der Waals surface area (Å²) < 4.78 is 28.2. The number of hydrogen-bond donors (Lipinski definition) is 2. The Hall–Kier alpha value is -3.56. The van der Waals surface area contributed by atoms with Crippen molar-refractivity contribution in [3.63, 3.8) is 0 Å². The van der Waals surface area contributed by atoms with Crippen LogP contribution in [0.4, 0.5) is 5.82 Å². The molecule has 0 unspecified atom stereocenters. The number of fused-ring (bicyclic) bond motifs is 1. The summed E-state index contributed by atoms with van der Waals surface area (Å²) in [4.78, 5) is 21.3. The van der Waals surface area contributed by atoms with Crippen LogP contribution < -0.4 is 10.6 Å². The van der Waals surface area contributed by atoms with Crippen molar-refractivity contribution in [1.82, 2.24) is 19.3 Å². The minimum Gasteiger partial charge on any atom is -0.317 e. The second-order valence-corrected chi connectivity index (χ2v) is 10.3. The van der Waals surface area contributed by atoms with E-state index in [4.69, 9.17) is 0 Å². The highest BCUT2D eigenvalue weighted by Gasteiger charge is 2.23. The fourth-order valence-corrected chi connectivity index (χ4v) is 5.63. The number of hydrogen-bond acceptors (Lipinski definition) is 6. The minimum absolute atomic E-state index is 0.0419. The number of carbonyl (C=O) groups excluding carboxylic acids is 1. The van der Waals surface area contributed by atoms with Gasteiger partial charge in [-0.1, -0.05) is 17.7 Å². The number of benzene rings is 1. The normalized spacial score (nSPS) is 14.9. The topological polar surface area (TPSA) is 106 Å². The number of aryl methyl sites for hydroxylation is 1. The molecule has 8 nitrogen and oxygen atoms in total. The van der Waals surface area contributed by atoms with E-state index >= 15 is 0 Å². The smallest absolute Gasteiger partial charge is 0.268 e. The number of anilines is 1. The fourth-order valence-electron chi connectivity index (χ4n) is 4.28. The lowest BCUT2D eigenvalue weighted by atomic mass is 9.97. The summed E-state index contributed by atoms with van der Waals surface area (Å²) in [5.41, 5.74) is 2.93. The molecule has 4 aromatic rings. The highest BCUT2D eigenvalue weighted by molar-refractivity contribution is 7.90. The van der Waals surface area contributed by atoms with Crippen molar-refractivity contribution in [3.8, 4) is 11.1 Å². The van der Waals surface area contributed by atoms with Crippen LogP contribution in [0.15, 0.2) is 72.1 Å². The van der Waals surface area contributed by atoms with Crippen LogP contribution in [0.1, 0.15) is 18.4 Å².